The number of nitrogens with one attached hydrogen (secondary N) is 1. The van der Waals surface area contributed by atoms with E-state index in [0.717, 1.165) is 4.68 Å². The van der Waals surface area contributed by atoms with Crippen LogP contribution in [0.1, 0.15) is 20.8 Å². The highest BCUT2D eigenvalue weighted by atomic mass is 16.4. The van der Waals surface area contributed by atoms with E-state index < -0.39 is 11.9 Å². The van der Waals surface area contributed by atoms with Gasteiger partial charge in [0, 0.05) is 20.3 Å². The second-order valence-corrected chi connectivity index (χ2v) is 3.69. The summed E-state index contributed by atoms with van der Waals surface area (Å²) in [7, 11) is 3.17. The summed E-state index contributed by atoms with van der Waals surface area (Å²) in [6.45, 7) is 0. The molecule has 94 valence electrons. The lowest BCUT2D eigenvalue weighted by Crippen LogP contribution is -2.16. The van der Waals surface area contributed by atoms with Crippen LogP contribution in [0.4, 0.5) is 5.69 Å². The highest BCUT2D eigenvalue weighted by Gasteiger charge is 2.21. The molecule has 0 saturated carbocycles. The van der Waals surface area contributed by atoms with E-state index in [4.69, 9.17) is 5.11 Å². The molecule has 18 heavy (non-hydrogen) atoms. The van der Waals surface area contributed by atoms with Crippen LogP contribution in [0.3, 0.4) is 0 Å². The largest absolute Gasteiger partial charge is 0.477 e. The minimum absolute atomic E-state index is 0.00820. The van der Waals surface area contributed by atoms with Crippen LogP contribution >= 0.6 is 0 Å². The highest BCUT2D eigenvalue weighted by Crippen LogP contribution is 2.11. The van der Waals surface area contributed by atoms with E-state index >= 15 is 0 Å². The maximum atomic E-state index is 11.9. The summed E-state index contributed by atoms with van der Waals surface area (Å²) in [5.41, 5.74) is 0.341. The molecule has 2 rings (SSSR count). The Morgan fingerprint density at radius 2 is 2.00 bits per heavy atom. The lowest BCUT2D eigenvalue weighted by atomic mass is 10.2. The third-order valence-corrected chi connectivity index (χ3v) is 2.35. The van der Waals surface area contributed by atoms with Crippen LogP contribution in [-0.2, 0) is 14.1 Å². The van der Waals surface area contributed by atoms with Crippen molar-refractivity contribution in [3.8, 4) is 0 Å². The maximum Gasteiger partial charge on any atom is 0.354 e. The summed E-state index contributed by atoms with van der Waals surface area (Å²) in [6, 6.07) is 0. The molecule has 0 aliphatic carbocycles. The molecule has 1 amide bonds. The van der Waals surface area contributed by atoms with Gasteiger partial charge in [0.15, 0.2) is 5.69 Å². The summed E-state index contributed by atoms with van der Waals surface area (Å²) in [4.78, 5) is 22.9. The van der Waals surface area contributed by atoms with Gasteiger partial charge in [-0.2, -0.15) is 10.2 Å². The second kappa shape index (κ2) is 4.32. The first-order chi connectivity index (χ1) is 8.49. The predicted octanol–water partition coefficient (Wildman–Crippen LogP) is 0.104. The number of anilines is 1. The number of nitrogens with zero attached hydrogens (tertiary/aromatic N) is 4. The van der Waals surface area contributed by atoms with Gasteiger partial charge >= 0.3 is 5.97 Å². The minimum atomic E-state index is -1.20. The molecule has 0 spiro atoms. The summed E-state index contributed by atoms with van der Waals surface area (Å²) < 4.78 is 2.66. The Hall–Kier alpha value is -2.64. The average Bonchev–Trinajstić information content (AvgIpc) is 2.84. The minimum Gasteiger partial charge on any atom is -0.477 e. The molecule has 8 nitrogen and oxygen atoms in total. The standard InChI is InChI=1S/C10H11N5O3/c1-14-5-6(3-11-14)13-9(16)7-4-12-15(2)8(7)10(17)18/h3-5H,1-2H3,(H,13,16)(H,17,18). The molecule has 0 atom stereocenters. The average molecular weight is 249 g/mol. The molecule has 0 saturated heterocycles. The monoisotopic (exact) mass is 249 g/mol. The van der Waals surface area contributed by atoms with Crippen molar-refractivity contribution in [3.05, 3.63) is 29.8 Å². The van der Waals surface area contributed by atoms with Crippen molar-refractivity contribution in [1.29, 1.82) is 0 Å². The fourth-order valence-corrected chi connectivity index (χ4v) is 1.54. The summed E-state index contributed by atoms with van der Waals surface area (Å²) in [5, 5.41) is 19.2. The van der Waals surface area contributed by atoms with E-state index in [9.17, 15) is 9.59 Å². The Kier molecular flexibility index (Phi) is 2.84. The van der Waals surface area contributed by atoms with Gasteiger partial charge < -0.3 is 10.4 Å². The maximum absolute atomic E-state index is 11.9. The highest BCUT2D eigenvalue weighted by molar-refractivity contribution is 6.09. The van der Waals surface area contributed by atoms with Gasteiger partial charge in [0.2, 0.25) is 0 Å². The van der Waals surface area contributed by atoms with Gasteiger partial charge in [0.25, 0.3) is 5.91 Å². The molecule has 0 aliphatic rings. The van der Waals surface area contributed by atoms with Crippen LogP contribution in [-0.4, -0.2) is 36.5 Å². The van der Waals surface area contributed by atoms with Crippen molar-refractivity contribution < 1.29 is 14.7 Å². The molecular weight excluding hydrogens is 238 g/mol. The zero-order valence-corrected chi connectivity index (χ0v) is 9.78. The van der Waals surface area contributed by atoms with E-state index in [2.05, 4.69) is 15.5 Å². The van der Waals surface area contributed by atoms with E-state index in [1.807, 2.05) is 0 Å². The number of amides is 1. The molecule has 0 bridgehead atoms. The van der Waals surface area contributed by atoms with Gasteiger partial charge in [0.05, 0.1) is 23.6 Å². The van der Waals surface area contributed by atoms with Crippen molar-refractivity contribution in [2.45, 2.75) is 0 Å². The number of hydrogen-bond acceptors (Lipinski definition) is 4. The summed E-state index contributed by atoms with van der Waals surface area (Å²) in [5.74, 6) is -1.74. The second-order valence-electron chi connectivity index (χ2n) is 3.69. The van der Waals surface area contributed by atoms with E-state index in [1.165, 1.54) is 24.1 Å². The van der Waals surface area contributed by atoms with E-state index in [0.29, 0.717) is 5.69 Å². The van der Waals surface area contributed by atoms with Crippen LogP contribution in [0, 0.1) is 0 Å². The van der Waals surface area contributed by atoms with Crippen LogP contribution in [0.15, 0.2) is 18.6 Å². The first-order valence-electron chi connectivity index (χ1n) is 5.04. The molecule has 2 aromatic rings. The number of aryl methyl sites for hydroxylation is 2. The fraction of sp³-hybridized carbons (Fsp3) is 0.200. The Morgan fingerprint density at radius 1 is 1.28 bits per heavy atom. The number of carbonyl (C=O) groups is 2. The van der Waals surface area contributed by atoms with Gasteiger partial charge in [-0.1, -0.05) is 0 Å². The number of carbonyl (C=O) groups excluding carboxylic acids is 1. The topological polar surface area (TPSA) is 102 Å². The Bertz CT molecular complexity index is 613. The summed E-state index contributed by atoms with van der Waals surface area (Å²) in [6.07, 6.45) is 4.29. The number of rotatable bonds is 3. The van der Waals surface area contributed by atoms with Gasteiger partial charge in [-0.05, 0) is 0 Å². The summed E-state index contributed by atoms with van der Waals surface area (Å²) >= 11 is 0. The predicted molar refractivity (Wildman–Crippen MR) is 61.3 cm³/mol. The number of hydrogen-bond donors (Lipinski definition) is 2. The molecular formula is C10H11N5O3. The zero-order valence-electron chi connectivity index (χ0n) is 9.78. The van der Waals surface area contributed by atoms with Crippen LogP contribution in [0.2, 0.25) is 0 Å². The van der Waals surface area contributed by atoms with Crippen molar-refractivity contribution in [2.75, 3.05) is 5.32 Å². The van der Waals surface area contributed by atoms with Gasteiger partial charge in [-0.25, -0.2) is 4.79 Å². The van der Waals surface area contributed by atoms with Crippen LogP contribution in [0.5, 0.6) is 0 Å². The SMILES string of the molecule is Cn1cc(NC(=O)c2cnn(C)c2C(=O)O)cn1. The number of aromatic carboxylic acids is 1. The zero-order chi connectivity index (χ0) is 13.3. The Balaban J connectivity index is 2.27. The number of carboxylic acid groups (broad SMARTS) is 1. The molecule has 0 fully saturated rings. The van der Waals surface area contributed by atoms with Crippen LogP contribution in [0.25, 0.3) is 0 Å². The lowest BCUT2D eigenvalue weighted by Gasteiger charge is -2.02. The van der Waals surface area contributed by atoms with Gasteiger partial charge in [-0.15, -0.1) is 0 Å². The van der Waals surface area contributed by atoms with Gasteiger partial charge in [0.1, 0.15) is 0 Å². The van der Waals surface area contributed by atoms with E-state index in [-0.39, 0.29) is 11.3 Å². The van der Waals surface area contributed by atoms with Crippen molar-refractivity contribution in [2.24, 2.45) is 14.1 Å². The molecule has 2 aromatic heterocycles. The van der Waals surface area contributed by atoms with Crippen molar-refractivity contribution in [3.63, 3.8) is 0 Å². The Morgan fingerprint density at radius 3 is 2.56 bits per heavy atom. The number of aromatic nitrogens is 4. The molecule has 0 unspecified atom stereocenters. The molecule has 8 heteroatoms. The Labute approximate surface area is 102 Å². The molecule has 0 radical (unpaired) electrons. The molecule has 2 N–H and O–H groups in total. The van der Waals surface area contributed by atoms with Gasteiger partial charge in [-0.3, -0.25) is 14.2 Å². The molecule has 0 aliphatic heterocycles. The first kappa shape index (κ1) is 11.8. The molecule has 0 aromatic carbocycles. The van der Waals surface area contributed by atoms with Crippen molar-refractivity contribution in [1.82, 2.24) is 19.6 Å². The third-order valence-electron chi connectivity index (χ3n) is 2.35. The quantitative estimate of drug-likeness (QED) is 0.803. The molecule has 2 heterocycles. The normalized spacial score (nSPS) is 10.3. The van der Waals surface area contributed by atoms with Crippen molar-refractivity contribution >= 4 is 17.6 Å². The lowest BCUT2D eigenvalue weighted by molar-refractivity contribution is 0.0680. The fourth-order valence-electron chi connectivity index (χ4n) is 1.54. The third kappa shape index (κ3) is 2.08. The van der Waals surface area contributed by atoms with E-state index in [1.54, 1.807) is 13.2 Å². The van der Waals surface area contributed by atoms with Crippen LogP contribution < -0.4 is 5.32 Å². The first-order valence-corrected chi connectivity index (χ1v) is 5.04. The smallest absolute Gasteiger partial charge is 0.354 e. The number of carboxylic acids is 1.